The van der Waals surface area contributed by atoms with E-state index in [4.69, 9.17) is 21.4 Å². The number of rotatable bonds is 8. The zero-order valence-electron chi connectivity index (χ0n) is 14.8. The van der Waals surface area contributed by atoms with E-state index in [0.29, 0.717) is 10.7 Å². The minimum atomic E-state index is -1.19. The predicted octanol–water partition coefficient (Wildman–Crippen LogP) is 2.84. The van der Waals surface area contributed by atoms with E-state index in [9.17, 15) is 19.7 Å². The van der Waals surface area contributed by atoms with E-state index in [1.54, 1.807) is 24.3 Å². The van der Waals surface area contributed by atoms with E-state index < -0.39 is 22.9 Å². The average Bonchev–Trinajstić information content (AvgIpc) is 2.67. The Labute approximate surface area is 165 Å². The number of esters is 1. The van der Waals surface area contributed by atoms with Crippen LogP contribution in [0.15, 0.2) is 42.5 Å². The highest BCUT2D eigenvalue weighted by atomic mass is 35.5. The minimum absolute atomic E-state index is 0.125. The Balaban J connectivity index is 2.15. The van der Waals surface area contributed by atoms with E-state index in [1.165, 1.54) is 19.1 Å². The average molecular weight is 408 g/mol. The molecule has 0 fully saturated rings. The van der Waals surface area contributed by atoms with Crippen LogP contribution >= 0.6 is 11.6 Å². The summed E-state index contributed by atoms with van der Waals surface area (Å²) < 4.78 is 5.15. The van der Waals surface area contributed by atoms with Gasteiger partial charge in [-0.05, 0) is 25.1 Å². The van der Waals surface area contributed by atoms with Crippen molar-refractivity contribution in [2.24, 2.45) is 0 Å². The first-order valence-corrected chi connectivity index (χ1v) is 8.60. The van der Waals surface area contributed by atoms with Gasteiger partial charge in [-0.1, -0.05) is 23.7 Å². The Hall–Kier alpha value is -3.17. The largest absolute Gasteiger partial charge is 0.449 e. The maximum absolute atomic E-state index is 12.5. The van der Waals surface area contributed by atoms with Gasteiger partial charge in [-0.15, -0.1) is 0 Å². The third kappa shape index (κ3) is 5.41. The van der Waals surface area contributed by atoms with Gasteiger partial charge in [0.05, 0.1) is 27.8 Å². The molecule has 2 rings (SSSR count). The van der Waals surface area contributed by atoms with E-state index >= 15 is 0 Å². The Morgan fingerprint density at radius 3 is 2.61 bits per heavy atom. The number of hydrogen-bond acceptors (Lipinski definition) is 7. The SMILES string of the molecule is C[C@H](OC(=O)c1cc([N+](=O)[O-])ccc1NCCO)C(=O)Nc1ccccc1Cl. The first-order valence-electron chi connectivity index (χ1n) is 8.23. The van der Waals surface area contributed by atoms with E-state index in [2.05, 4.69) is 10.6 Å². The molecule has 28 heavy (non-hydrogen) atoms. The molecule has 0 unspecified atom stereocenters. The Kier molecular flexibility index (Phi) is 7.30. The van der Waals surface area contributed by atoms with Crippen LogP contribution in [0.5, 0.6) is 0 Å². The number of nitro groups is 1. The lowest BCUT2D eigenvalue weighted by molar-refractivity contribution is -0.384. The molecule has 3 N–H and O–H groups in total. The second-order valence-corrected chi connectivity index (χ2v) is 6.06. The molecule has 2 aromatic rings. The van der Waals surface area contributed by atoms with Gasteiger partial charge in [-0.3, -0.25) is 14.9 Å². The number of halogens is 1. The van der Waals surface area contributed by atoms with Crippen molar-refractivity contribution >= 4 is 40.5 Å². The van der Waals surface area contributed by atoms with E-state index in [-0.39, 0.29) is 30.1 Å². The summed E-state index contributed by atoms with van der Waals surface area (Å²) in [6, 6.07) is 10.1. The third-order valence-corrected chi connectivity index (χ3v) is 3.98. The number of nitrogens with one attached hydrogen (secondary N) is 2. The molecule has 0 radical (unpaired) electrons. The van der Waals surface area contributed by atoms with Crippen molar-refractivity contribution in [3.05, 3.63) is 63.2 Å². The Morgan fingerprint density at radius 2 is 1.96 bits per heavy atom. The topological polar surface area (TPSA) is 131 Å². The molecule has 0 aliphatic rings. The van der Waals surface area contributed by atoms with Crippen LogP contribution in [0, 0.1) is 10.1 Å². The van der Waals surface area contributed by atoms with Gasteiger partial charge in [0.15, 0.2) is 6.10 Å². The summed E-state index contributed by atoms with van der Waals surface area (Å²) in [5, 5.41) is 25.5. The molecule has 0 spiro atoms. The van der Waals surface area contributed by atoms with Crippen molar-refractivity contribution in [3.63, 3.8) is 0 Å². The fourth-order valence-electron chi connectivity index (χ4n) is 2.23. The first-order chi connectivity index (χ1) is 13.3. The lowest BCUT2D eigenvalue weighted by Crippen LogP contribution is -2.30. The van der Waals surface area contributed by atoms with Gasteiger partial charge in [-0.2, -0.15) is 0 Å². The number of hydrogen-bond donors (Lipinski definition) is 3. The monoisotopic (exact) mass is 407 g/mol. The normalized spacial score (nSPS) is 11.4. The van der Waals surface area contributed by atoms with Crippen molar-refractivity contribution in [3.8, 4) is 0 Å². The molecule has 9 nitrogen and oxygen atoms in total. The van der Waals surface area contributed by atoms with Gasteiger partial charge in [0.2, 0.25) is 0 Å². The summed E-state index contributed by atoms with van der Waals surface area (Å²) in [5.41, 5.74) is 0.163. The number of amides is 1. The molecule has 0 saturated carbocycles. The summed E-state index contributed by atoms with van der Waals surface area (Å²) in [5.74, 6) is -1.54. The lowest BCUT2D eigenvalue weighted by Gasteiger charge is -2.16. The molecular formula is C18H18ClN3O6. The standard InChI is InChI=1S/C18H18ClN3O6/c1-11(17(24)21-16-5-3-2-4-14(16)19)28-18(25)13-10-12(22(26)27)6-7-15(13)20-8-9-23/h2-7,10-11,20,23H,8-9H2,1H3,(H,21,24)/t11-/m0/s1. The van der Waals surface area contributed by atoms with Crippen LogP contribution in [0.2, 0.25) is 5.02 Å². The van der Waals surface area contributed by atoms with Gasteiger partial charge >= 0.3 is 5.97 Å². The summed E-state index contributed by atoms with van der Waals surface area (Å²) >= 11 is 5.98. The molecule has 0 heterocycles. The number of para-hydroxylation sites is 1. The van der Waals surface area contributed by atoms with Crippen LogP contribution in [0.25, 0.3) is 0 Å². The van der Waals surface area contributed by atoms with Crippen molar-refractivity contribution in [2.45, 2.75) is 13.0 Å². The van der Waals surface area contributed by atoms with Crippen LogP contribution in [0.3, 0.4) is 0 Å². The number of benzene rings is 2. The first kappa shape index (κ1) is 21.1. The van der Waals surface area contributed by atoms with Crippen molar-refractivity contribution in [2.75, 3.05) is 23.8 Å². The molecule has 0 aliphatic heterocycles. The highest BCUT2D eigenvalue weighted by molar-refractivity contribution is 6.33. The van der Waals surface area contributed by atoms with Gasteiger partial charge in [0.25, 0.3) is 11.6 Å². The second-order valence-electron chi connectivity index (χ2n) is 5.65. The molecular weight excluding hydrogens is 390 g/mol. The number of nitro benzene ring substituents is 1. The Morgan fingerprint density at radius 1 is 1.25 bits per heavy atom. The van der Waals surface area contributed by atoms with Crippen molar-refractivity contribution in [1.29, 1.82) is 0 Å². The molecule has 10 heteroatoms. The fourth-order valence-corrected chi connectivity index (χ4v) is 2.42. The number of nitrogens with zero attached hydrogens (tertiary/aromatic N) is 1. The molecule has 0 aromatic heterocycles. The molecule has 1 amide bonds. The number of ether oxygens (including phenoxy) is 1. The maximum Gasteiger partial charge on any atom is 0.341 e. The van der Waals surface area contributed by atoms with Gasteiger partial charge < -0.3 is 20.5 Å². The van der Waals surface area contributed by atoms with Gasteiger partial charge in [0.1, 0.15) is 0 Å². The fraction of sp³-hybridized carbons (Fsp3) is 0.222. The number of aliphatic hydroxyl groups excluding tert-OH is 1. The minimum Gasteiger partial charge on any atom is -0.449 e. The number of carbonyl (C=O) groups is 2. The highest BCUT2D eigenvalue weighted by Gasteiger charge is 2.23. The van der Waals surface area contributed by atoms with Crippen LogP contribution in [-0.4, -0.2) is 41.2 Å². The van der Waals surface area contributed by atoms with E-state index in [0.717, 1.165) is 6.07 Å². The quantitative estimate of drug-likeness (QED) is 0.348. The summed E-state index contributed by atoms with van der Waals surface area (Å²) in [6.07, 6.45) is -1.19. The van der Waals surface area contributed by atoms with Crippen LogP contribution in [0.1, 0.15) is 17.3 Å². The number of anilines is 2. The van der Waals surface area contributed by atoms with E-state index in [1.807, 2.05) is 0 Å². The smallest absolute Gasteiger partial charge is 0.341 e. The predicted molar refractivity (Wildman–Crippen MR) is 104 cm³/mol. The molecule has 0 bridgehead atoms. The second kappa shape index (κ2) is 9.67. The van der Waals surface area contributed by atoms with Crippen molar-refractivity contribution in [1.82, 2.24) is 0 Å². The summed E-state index contributed by atoms with van der Waals surface area (Å²) in [4.78, 5) is 35.1. The zero-order chi connectivity index (χ0) is 20.7. The number of non-ortho nitro benzene ring substituents is 1. The summed E-state index contributed by atoms with van der Waals surface area (Å²) in [7, 11) is 0. The molecule has 0 saturated heterocycles. The lowest BCUT2D eigenvalue weighted by atomic mass is 10.1. The third-order valence-electron chi connectivity index (χ3n) is 3.65. The van der Waals surface area contributed by atoms with Gasteiger partial charge in [-0.25, -0.2) is 4.79 Å². The van der Waals surface area contributed by atoms with Crippen molar-refractivity contribution < 1.29 is 24.4 Å². The van der Waals surface area contributed by atoms with Crippen LogP contribution < -0.4 is 10.6 Å². The molecule has 0 aliphatic carbocycles. The molecule has 148 valence electrons. The Bertz CT molecular complexity index is 889. The molecule has 2 aromatic carbocycles. The van der Waals surface area contributed by atoms with Gasteiger partial charge in [0, 0.05) is 24.4 Å². The number of aliphatic hydroxyl groups is 1. The zero-order valence-corrected chi connectivity index (χ0v) is 15.6. The maximum atomic E-state index is 12.5. The highest BCUT2D eigenvalue weighted by Crippen LogP contribution is 2.24. The summed E-state index contributed by atoms with van der Waals surface area (Å²) in [6.45, 7) is 1.28. The number of carbonyl (C=O) groups excluding carboxylic acids is 2. The molecule has 1 atom stereocenters. The van der Waals surface area contributed by atoms with Crippen LogP contribution in [-0.2, 0) is 9.53 Å². The van der Waals surface area contributed by atoms with Crippen LogP contribution in [0.4, 0.5) is 17.1 Å².